The lowest BCUT2D eigenvalue weighted by Crippen LogP contribution is -2.42. The van der Waals surface area contributed by atoms with Gasteiger partial charge < -0.3 is 10.1 Å². The summed E-state index contributed by atoms with van der Waals surface area (Å²) in [6, 6.07) is 7.12. The number of nitrogens with one attached hydrogen (secondary N) is 1. The third kappa shape index (κ3) is 4.84. The largest absolute Gasteiger partial charge is 0.452 e. The van der Waals surface area contributed by atoms with Crippen LogP contribution in [0.25, 0.3) is 0 Å². The molecule has 4 nitrogen and oxygen atoms in total. The van der Waals surface area contributed by atoms with Gasteiger partial charge in [-0.25, -0.2) is 4.79 Å². The molecule has 0 aromatic heterocycles. The molecular formula is C16H20BrNO3. The van der Waals surface area contributed by atoms with Crippen LogP contribution in [0, 0.1) is 5.92 Å². The first-order valence-electron chi connectivity index (χ1n) is 7.28. The molecule has 5 heteroatoms. The number of amides is 1. The standard InChI is InChI=1S/C16H20BrNO3/c1-11-5-2-3-8-14(11)18-15(19)10-21-16(20)12-6-4-7-13(17)9-12/h4,6-7,9,11,14H,2-3,5,8,10H2,1H3,(H,18,19)/t11-,14-/m1/s1. The van der Waals surface area contributed by atoms with E-state index in [2.05, 4.69) is 28.2 Å². The molecule has 1 saturated carbocycles. The highest BCUT2D eigenvalue weighted by molar-refractivity contribution is 9.10. The number of carbonyl (C=O) groups is 2. The molecule has 0 saturated heterocycles. The quantitative estimate of drug-likeness (QED) is 0.844. The van der Waals surface area contributed by atoms with Crippen molar-refractivity contribution < 1.29 is 14.3 Å². The van der Waals surface area contributed by atoms with Gasteiger partial charge in [0.1, 0.15) is 0 Å². The third-order valence-electron chi connectivity index (χ3n) is 3.85. The minimum atomic E-state index is -0.483. The summed E-state index contributed by atoms with van der Waals surface area (Å²) in [5, 5.41) is 2.96. The molecule has 0 spiro atoms. The number of hydrogen-bond donors (Lipinski definition) is 1. The number of rotatable bonds is 4. The molecule has 1 aromatic rings. The van der Waals surface area contributed by atoms with Crippen LogP contribution < -0.4 is 5.32 Å². The number of carbonyl (C=O) groups excluding carboxylic acids is 2. The second-order valence-electron chi connectivity index (χ2n) is 5.52. The van der Waals surface area contributed by atoms with Crippen LogP contribution in [-0.2, 0) is 9.53 Å². The van der Waals surface area contributed by atoms with E-state index in [1.165, 1.54) is 6.42 Å². The summed E-state index contributed by atoms with van der Waals surface area (Å²) in [5.41, 5.74) is 0.434. The fraction of sp³-hybridized carbons (Fsp3) is 0.500. The van der Waals surface area contributed by atoms with Crippen molar-refractivity contribution in [2.45, 2.75) is 38.6 Å². The molecule has 0 unspecified atom stereocenters. The average Bonchev–Trinajstić information content (AvgIpc) is 2.47. The van der Waals surface area contributed by atoms with Gasteiger partial charge in [0.25, 0.3) is 5.91 Å². The van der Waals surface area contributed by atoms with Crippen LogP contribution in [0.3, 0.4) is 0 Å². The highest BCUT2D eigenvalue weighted by atomic mass is 79.9. The SMILES string of the molecule is C[C@@H]1CCCC[C@H]1NC(=O)COC(=O)c1cccc(Br)c1. The predicted molar refractivity (Wildman–Crippen MR) is 84.0 cm³/mol. The molecule has 21 heavy (non-hydrogen) atoms. The third-order valence-corrected chi connectivity index (χ3v) is 4.35. The predicted octanol–water partition coefficient (Wildman–Crippen LogP) is 3.30. The van der Waals surface area contributed by atoms with E-state index in [4.69, 9.17) is 4.74 Å². The van der Waals surface area contributed by atoms with E-state index in [0.717, 1.165) is 23.7 Å². The van der Waals surface area contributed by atoms with Crippen LogP contribution >= 0.6 is 15.9 Å². The molecule has 1 N–H and O–H groups in total. The van der Waals surface area contributed by atoms with Crippen LogP contribution in [0.15, 0.2) is 28.7 Å². The number of benzene rings is 1. The van der Waals surface area contributed by atoms with Gasteiger partial charge in [-0.2, -0.15) is 0 Å². The van der Waals surface area contributed by atoms with Crippen molar-refractivity contribution in [3.05, 3.63) is 34.3 Å². The topological polar surface area (TPSA) is 55.4 Å². The lowest BCUT2D eigenvalue weighted by atomic mass is 9.86. The molecule has 1 aliphatic rings. The van der Waals surface area contributed by atoms with Crippen molar-refractivity contribution >= 4 is 27.8 Å². The van der Waals surface area contributed by atoms with Gasteiger partial charge in [0.05, 0.1) is 5.56 Å². The Morgan fingerprint density at radius 2 is 2.10 bits per heavy atom. The lowest BCUT2D eigenvalue weighted by molar-refractivity contribution is -0.125. The van der Waals surface area contributed by atoms with Crippen LogP contribution in [0.2, 0.25) is 0 Å². The molecule has 0 bridgehead atoms. The van der Waals surface area contributed by atoms with Gasteiger partial charge in [-0.3, -0.25) is 4.79 Å². The molecule has 1 fully saturated rings. The Morgan fingerprint density at radius 3 is 2.81 bits per heavy atom. The Hall–Kier alpha value is -1.36. The molecule has 1 aliphatic carbocycles. The van der Waals surface area contributed by atoms with Gasteiger partial charge in [-0.15, -0.1) is 0 Å². The fourth-order valence-electron chi connectivity index (χ4n) is 2.61. The summed E-state index contributed by atoms with van der Waals surface area (Å²) in [6.45, 7) is 1.92. The van der Waals surface area contributed by atoms with E-state index in [-0.39, 0.29) is 18.6 Å². The molecular weight excluding hydrogens is 334 g/mol. The maximum Gasteiger partial charge on any atom is 0.338 e. The fourth-order valence-corrected chi connectivity index (χ4v) is 3.01. The van der Waals surface area contributed by atoms with Crippen LogP contribution in [-0.4, -0.2) is 24.5 Å². The molecule has 2 atom stereocenters. The zero-order valence-corrected chi connectivity index (χ0v) is 13.7. The average molecular weight is 354 g/mol. The van der Waals surface area contributed by atoms with Gasteiger partial charge in [0.2, 0.25) is 0 Å². The first-order valence-corrected chi connectivity index (χ1v) is 8.07. The summed E-state index contributed by atoms with van der Waals surface area (Å²) in [5.74, 6) is -0.219. The summed E-state index contributed by atoms with van der Waals surface area (Å²) < 4.78 is 5.85. The van der Waals surface area contributed by atoms with Crippen molar-refractivity contribution in [3.8, 4) is 0 Å². The van der Waals surface area contributed by atoms with E-state index in [0.29, 0.717) is 11.5 Å². The van der Waals surface area contributed by atoms with E-state index >= 15 is 0 Å². The van der Waals surface area contributed by atoms with Crippen molar-refractivity contribution in [2.24, 2.45) is 5.92 Å². The van der Waals surface area contributed by atoms with Gasteiger partial charge in [-0.05, 0) is 37.0 Å². The van der Waals surface area contributed by atoms with E-state index < -0.39 is 5.97 Å². The normalized spacial score (nSPS) is 21.6. The zero-order chi connectivity index (χ0) is 15.2. The summed E-state index contributed by atoms with van der Waals surface area (Å²) in [4.78, 5) is 23.7. The lowest BCUT2D eigenvalue weighted by Gasteiger charge is -2.29. The molecule has 114 valence electrons. The van der Waals surface area contributed by atoms with Crippen LogP contribution in [0.1, 0.15) is 43.0 Å². The van der Waals surface area contributed by atoms with Crippen molar-refractivity contribution in [3.63, 3.8) is 0 Å². The number of hydrogen-bond acceptors (Lipinski definition) is 3. The zero-order valence-electron chi connectivity index (χ0n) is 12.1. The Kier molecular flexibility index (Phi) is 5.79. The summed E-state index contributed by atoms with van der Waals surface area (Å²) >= 11 is 3.30. The van der Waals surface area contributed by atoms with Gasteiger partial charge >= 0.3 is 5.97 Å². The van der Waals surface area contributed by atoms with Crippen LogP contribution in [0.4, 0.5) is 0 Å². The number of esters is 1. The molecule has 0 radical (unpaired) electrons. The number of ether oxygens (including phenoxy) is 1. The molecule has 2 rings (SSSR count). The molecule has 1 aromatic carbocycles. The Balaban J connectivity index is 1.79. The highest BCUT2D eigenvalue weighted by Crippen LogP contribution is 2.23. The first kappa shape index (κ1) is 16.0. The Morgan fingerprint density at radius 1 is 1.33 bits per heavy atom. The van der Waals surface area contributed by atoms with Crippen molar-refractivity contribution in [2.75, 3.05) is 6.61 Å². The van der Waals surface area contributed by atoms with E-state index in [1.807, 2.05) is 6.07 Å². The monoisotopic (exact) mass is 353 g/mol. The van der Waals surface area contributed by atoms with E-state index in [1.54, 1.807) is 18.2 Å². The minimum absolute atomic E-state index is 0.204. The smallest absolute Gasteiger partial charge is 0.338 e. The minimum Gasteiger partial charge on any atom is -0.452 e. The van der Waals surface area contributed by atoms with E-state index in [9.17, 15) is 9.59 Å². The van der Waals surface area contributed by atoms with Gasteiger partial charge in [-0.1, -0.05) is 41.8 Å². The maximum atomic E-state index is 11.9. The molecule has 1 amide bonds. The second kappa shape index (κ2) is 7.59. The van der Waals surface area contributed by atoms with Crippen LogP contribution in [0.5, 0.6) is 0 Å². The number of halogens is 1. The summed E-state index contributed by atoms with van der Waals surface area (Å²) in [7, 11) is 0. The Bertz CT molecular complexity index is 518. The molecule has 0 heterocycles. The first-order chi connectivity index (χ1) is 10.1. The highest BCUT2D eigenvalue weighted by Gasteiger charge is 2.23. The van der Waals surface area contributed by atoms with Crippen molar-refractivity contribution in [1.29, 1.82) is 0 Å². The Labute approximate surface area is 133 Å². The van der Waals surface area contributed by atoms with Gasteiger partial charge in [0, 0.05) is 10.5 Å². The van der Waals surface area contributed by atoms with Gasteiger partial charge in [0.15, 0.2) is 6.61 Å². The maximum absolute atomic E-state index is 11.9. The second-order valence-corrected chi connectivity index (χ2v) is 6.44. The summed E-state index contributed by atoms with van der Waals surface area (Å²) in [6.07, 6.45) is 4.52. The molecule has 0 aliphatic heterocycles. The van der Waals surface area contributed by atoms with Crippen molar-refractivity contribution in [1.82, 2.24) is 5.32 Å².